The first-order valence-corrected chi connectivity index (χ1v) is 9.19. The van der Waals surface area contributed by atoms with E-state index >= 15 is 0 Å². The second-order valence-electron chi connectivity index (χ2n) is 6.70. The molecule has 178 valence electrons. The number of esters is 2. The van der Waals surface area contributed by atoms with E-state index < -0.39 is 59.5 Å². The molecular formula is C21H17F6NO5. The molecule has 33 heavy (non-hydrogen) atoms. The summed E-state index contributed by atoms with van der Waals surface area (Å²) in [5, 5.41) is 2.24. The zero-order valence-electron chi connectivity index (χ0n) is 16.9. The summed E-state index contributed by atoms with van der Waals surface area (Å²) < 4.78 is 86.7. The van der Waals surface area contributed by atoms with Crippen molar-refractivity contribution < 1.29 is 50.2 Å². The largest absolute Gasteiger partial charge is 0.467 e. The number of hydrogen-bond acceptors (Lipinski definition) is 5. The summed E-state index contributed by atoms with van der Waals surface area (Å²) in [5.41, 5.74) is -3.79. The van der Waals surface area contributed by atoms with Crippen LogP contribution in [0.2, 0.25) is 0 Å². The molecule has 1 unspecified atom stereocenters. The van der Waals surface area contributed by atoms with Crippen molar-refractivity contribution in [1.29, 1.82) is 0 Å². The highest BCUT2D eigenvalue weighted by Crippen LogP contribution is 2.36. The molecule has 1 atom stereocenters. The second-order valence-corrected chi connectivity index (χ2v) is 6.70. The van der Waals surface area contributed by atoms with Gasteiger partial charge in [0.25, 0.3) is 5.91 Å². The van der Waals surface area contributed by atoms with E-state index in [2.05, 4.69) is 14.8 Å². The molecule has 0 saturated heterocycles. The van der Waals surface area contributed by atoms with Crippen LogP contribution in [0.3, 0.4) is 0 Å². The van der Waals surface area contributed by atoms with Crippen molar-refractivity contribution in [2.24, 2.45) is 0 Å². The van der Waals surface area contributed by atoms with Gasteiger partial charge in [-0.2, -0.15) is 26.3 Å². The number of rotatable bonds is 7. The van der Waals surface area contributed by atoms with Crippen LogP contribution in [0.5, 0.6) is 0 Å². The highest BCUT2D eigenvalue weighted by atomic mass is 19.4. The lowest BCUT2D eigenvalue weighted by Gasteiger charge is -2.17. The topological polar surface area (TPSA) is 81.7 Å². The molecule has 0 saturated carbocycles. The Morgan fingerprint density at radius 2 is 1.45 bits per heavy atom. The molecule has 0 radical (unpaired) electrons. The van der Waals surface area contributed by atoms with Crippen LogP contribution >= 0.6 is 0 Å². The minimum atomic E-state index is -5.15. The number of nitrogens with one attached hydrogen (secondary N) is 1. The molecule has 1 N–H and O–H groups in total. The van der Waals surface area contributed by atoms with E-state index in [1.807, 2.05) is 0 Å². The Kier molecular flexibility index (Phi) is 8.07. The fourth-order valence-electron chi connectivity index (χ4n) is 2.71. The number of hydrogen-bond donors (Lipinski definition) is 1. The number of amides is 1. The Morgan fingerprint density at radius 3 is 1.94 bits per heavy atom. The third-order valence-corrected chi connectivity index (χ3v) is 4.26. The molecule has 12 heteroatoms. The van der Waals surface area contributed by atoms with Gasteiger partial charge < -0.3 is 14.8 Å². The average Bonchev–Trinajstić information content (AvgIpc) is 2.75. The van der Waals surface area contributed by atoms with Crippen LogP contribution in [-0.2, 0) is 37.8 Å². The van der Waals surface area contributed by atoms with E-state index in [4.69, 9.17) is 0 Å². The highest BCUT2D eigenvalue weighted by Gasteiger charge is 2.37. The molecule has 0 aromatic heterocycles. The Labute approximate surface area is 183 Å². The lowest BCUT2D eigenvalue weighted by molar-refractivity contribution is -0.145. The maximum atomic E-state index is 12.9. The molecule has 0 heterocycles. The Bertz CT molecular complexity index is 972. The second kappa shape index (κ2) is 10.4. The molecule has 6 nitrogen and oxygen atoms in total. The molecule has 1 amide bonds. The van der Waals surface area contributed by atoms with Gasteiger partial charge in [0.2, 0.25) is 0 Å². The summed E-state index contributed by atoms with van der Waals surface area (Å²) in [7, 11) is 1.08. The number of ether oxygens (including phenoxy) is 2. The third kappa shape index (κ3) is 7.51. The van der Waals surface area contributed by atoms with Crippen molar-refractivity contribution in [3.63, 3.8) is 0 Å². The molecule has 0 aliphatic carbocycles. The maximum Gasteiger partial charge on any atom is 0.416 e. The number of benzene rings is 2. The van der Waals surface area contributed by atoms with Gasteiger partial charge in [-0.3, -0.25) is 4.79 Å². The first-order chi connectivity index (χ1) is 15.3. The van der Waals surface area contributed by atoms with Crippen molar-refractivity contribution in [3.8, 4) is 0 Å². The minimum Gasteiger partial charge on any atom is -0.467 e. The van der Waals surface area contributed by atoms with Crippen LogP contribution in [0.15, 0.2) is 48.5 Å². The van der Waals surface area contributed by atoms with Gasteiger partial charge in [0, 0.05) is 6.42 Å². The molecule has 2 rings (SSSR count). The van der Waals surface area contributed by atoms with Crippen LogP contribution in [0.25, 0.3) is 0 Å². The van der Waals surface area contributed by atoms with E-state index in [9.17, 15) is 40.7 Å². The van der Waals surface area contributed by atoms with Crippen LogP contribution < -0.4 is 5.32 Å². The number of carbonyl (C=O) groups excluding carboxylic acids is 3. The van der Waals surface area contributed by atoms with E-state index in [0.717, 1.165) is 7.11 Å². The van der Waals surface area contributed by atoms with Gasteiger partial charge in [-0.15, -0.1) is 0 Å². The smallest absolute Gasteiger partial charge is 0.416 e. The standard InChI is InChI=1S/C21H17F6NO5/c1-32-19(31)16(7-12-5-3-2-4-6-12)28-17(29)11-33-18(30)13-8-14(20(22,23)24)10-15(9-13)21(25,26)27/h2-6,8-10,16H,7,11H2,1H3,(H,28,29). The Hall–Kier alpha value is -3.57. The summed E-state index contributed by atoms with van der Waals surface area (Å²) in [6.45, 7) is -1.06. The summed E-state index contributed by atoms with van der Waals surface area (Å²) in [5.74, 6) is -3.41. The summed E-state index contributed by atoms with van der Waals surface area (Å²) in [4.78, 5) is 36.1. The highest BCUT2D eigenvalue weighted by molar-refractivity contribution is 5.92. The SMILES string of the molecule is COC(=O)C(Cc1ccccc1)NC(=O)COC(=O)c1cc(C(F)(F)F)cc(C(F)(F)F)c1. The van der Waals surface area contributed by atoms with Crippen molar-refractivity contribution in [3.05, 3.63) is 70.8 Å². The fraction of sp³-hybridized carbons (Fsp3) is 0.286. The molecule has 0 spiro atoms. The number of carbonyl (C=O) groups is 3. The van der Waals surface area contributed by atoms with E-state index in [0.29, 0.717) is 5.56 Å². The quantitative estimate of drug-likeness (QED) is 0.485. The van der Waals surface area contributed by atoms with Gasteiger partial charge in [-0.25, -0.2) is 9.59 Å². The monoisotopic (exact) mass is 477 g/mol. The summed E-state index contributed by atoms with van der Waals surface area (Å²) >= 11 is 0. The molecule has 0 aliphatic rings. The number of methoxy groups -OCH3 is 1. The molecule has 2 aromatic carbocycles. The van der Waals surface area contributed by atoms with E-state index in [1.165, 1.54) is 0 Å². The molecule has 0 fully saturated rings. The third-order valence-electron chi connectivity index (χ3n) is 4.26. The van der Waals surface area contributed by atoms with E-state index in [-0.39, 0.29) is 24.6 Å². The van der Waals surface area contributed by atoms with Crippen molar-refractivity contribution in [1.82, 2.24) is 5.32 Å². The first-order valence-electron chi connectivity index (χ1n) is 9.19. The Morgan fingerprint density at radius 1 is 0.909 bits per heavy atom. The zero-order valence-corrected chi connectivity index (χ0v) is 16.9. The molecule has 2 aromatic rings. The predicted octanol–water partition coefficient (Wildman–Crippen LogP) is 3.78. The molecule has 0 bridgehead atoms. The summed E-state index contributed by atoms with van der Waals surface area (Å²) in [6, 6.07) is 7.51. The lowest BCUT2D eigenvalue weighted by atomic mass is 10.0. The predicted molar refractivity (Wildman–Crippen MR) is 101 cm³/mol. The van der Waals surface area contributed by atoms with Crippen molar-refractivity contribution >= 4 is 17.8 Å². The fourth-order valence-corrected chi connectivity index (χ4v) is 2.71. The average molecular weight is 477 g/mol. The minimum absolute atomic E-state index is 0.0236. The Balaban J connectivity index is 2.11. The van der Waals surface area contributed by atoms with Gasteiger partial charge in [0.05, 0.1) is 23.8 Å². The zero-order chi connectivity index (χ0) is 24.8. The number of alkyl halides is 6. The first kappa shape index (κ1) is 25.7. The van der Waals surface area contributed by atoms with Crippen LogP contribution in [-0.4, -0.2) is 37.6 Å². The normalized spacial score (nSPS) is 12.6. The number of halogens is 6. The molecule has 0 aliphatic heterocycles. The van der Waals surface area contributed by atoms with E-state index in [1.54, 1.807) is 30.3 Å². The lowest BCUT2D eigenvalue weighted by Crippen LogP contribution is -2.44. The van der Waals surface area contributed by atoms with Crippen LogP contribution in [0.1, 0.15) is 27.0 Å². The van der Waals surface area contributed by atoms with Crippen LogP contribution in [0, 0.1) is 0 Å². The molecular weight excluding hydrogens is 460 g/mol. The van der Waals surface area contributed by atoms with Crippen LogP contribution in [0.4, 0.5) is 26.3 Å². The van der Waals surface area contributed by atoms with Gasteiger partial charge >= 0.3 is 24.3 Å². The maximum absolute atomic E-state index is 12.9. The van der Waals surface area contributed by atoms with Gasteiger partial charge in [-0.1, -0.05) is 30.3 Å². The van der Waals surface area contributed by atoms with Crippen molar-refractivity contribution in [2.75, 3.05) is 13.7 Å². The van der Waals surface area contributed by atoms with Gasteiger partial charge in [0.1, 0.15) is 6.04 Å². The van der Waals surface area contributed by atoms with Gasteiger partial charge in [0.15, 0.2) is 6.61 Å². The van der Waals surface area contributed by atoms with Crippen molar-refractivity contribution in [2.45, 2.75) is 24.8 Å². The summed E-state index contributed by atoms with van der Waals surface area (Å²) in [6.07, 6.45) is -10.3. The van der Waals surface area contributed by atoms with Gasteiger partial charge in [-0.05, 0) is 23.8 Å².